The summed E-state index contributed by atoms with van der Waals surface area (Å²) in [5.74, 6) is -0.415. The number of ether oxygens (including phenoxy) is 1. The molecule has 0 fully saturated rings. The molecule has 0 aliphatic carbocycles. The average Bonchev–Trinajstić information content (AvgIpc) is 2.56. The number of aryl methyl sites for hydroxylation is 1. The fourth-order valence-corrected chi connectivity index (χ4v) is 1.04. The van der Waals surface area contributed by atoms with Gasteiger partial charge in [-0.1, -0.05) is 6.08 Å². The first-order valence-corrected chi connectivity index (χ1v) is 4.52. The van der Waals surface area contributed by atoms with Gasteiger partial charge in [0.25, 0.3) is 0 Å². The quantitative estimate of drug-likeness (QED) is 0.830. The molecule has 0 bridgehead atoms. The lowest BCUT2D eigenvalue weighted by molar-refractivity contribution is -0.143. The summed E-state index contributed by atoms with van der Waals surface area (Å²) >= 11 is 0. The van der Waals surface area contributed by atoms with E-state index in [1.165, 1.54) is 6.08 Å². The number of nitrogens with zero attached hydrogens (tertiary/aromatic N) is 2. The summed E-state index contributed by atoms with van der Waals surface area (Å²) in [6, 6.07) is 0.646. The molecule has 0 aromatic carbocycles. The van der Waals surface area contributed by atoms with E-state index in [4.69, 9.17) is 0 Å². The largest absolute Gasteiger partial charge is 0.433 e. The lowest BCUT2D eigenvalue weighted by Crippen LogP contribution is -2.26. The van der Waals surface area contributed by atoms with Crippen molar-refractivity contribution in [3.8, 4) is 5.88 Å². The average molecular weight is 249 g/mol. The van der Waals surface area contributed by atoms with Crippen LogP contribution in [0, 0.1) is 0 Å². The molecule has 0 saturated heterocycles. The minimum atomic E-state index is -4.54. The predicted octanol–water partition coefficient (Wildman–Crippen LogP) is 1.71. The predicted molar refractivity (Wildman–Crippen MR) is 52.4 cm³/mol. The molecule has 0 aliphatic rings. The third-order valence-electron chi connectivity index (χ3n) is 1.74. The second kappa shape index (κ2) is 4.89. The highest BCUT2D eigenvalue weighted by atomic mass is 19.4. The van der Waals surface area contributed by atoms with Crippen LogP contribution in [-0.4, -0.2) is 22.4 Å². The van der Waals surface area contributed by atoms with Crippen LogP contribution in [0.25, 0.3) is 0 Å². The smallest absolute Gasteiger partial charge is 0.390 e. The first-order chi connectivity index (χ1) is 7.84. The molecule has 1 aromatic rings. The molecule has 1 amide bonds. The number of carbonyl (C=O) groups is 1. The van der Waals surface area contributed by atoms with Crippen LogP contribution in [0.15, 0.2) is 18.7 Å². The van der Waals surface area contributed by atoms with Crippen molar-refractivity contribution in [2.45, 2.75) is 6.18 Å². The molecule has 0 radical (unpaired) electrons. The van der Waals surface area contributed by atoms with Crippen LogP contribution in [0.3, 0.4) is 0 Å². The second-order valence-electron chi connectivity index (χ2n) is 3.05. The molecule has 17 heavy (non-hydrogen) atoms. The minimum Gasteiger partial charge on any atom is -0.390 e. The van der Waals surface area contributed by atoms with Gasteiger partial charge in [-0.2, -0.15) is 13.2 Å². The highest BCUT2D eigenvalue weighted by molar-refractivity contribution is 5.69. The molecule has 0 saturated carbocycles. The first kappa shape index (κ1) is 13.1. The van der Waals surface area contributed by atoms with Crippen molar-refractivity contribution in [2.24, 2.45) is 7.05 Å². The highest BCUT2D eigenvalue weighted by Gasteiger charge is 2.35. The molecule has 8 heteroatoms. The van der Waals surface area contributed by atoms with E-state index in [2.05, 4.69) is 21.7 Å². The molecule has 1 aromatic heterocycles. The summed E-state index contributed by atoms with van der Waals surface area (Å²) in [5.41, 5.74) is -0.996. The van der Waals surface area contributed by atoms with E-state index in [9.17, 15) is 18.0 Å². The Labute approximate surface area is 94.9 Å². The third-order valence-corrected chi connectivity index (χ3v) is 1.74. The van der Waals surface area contributed by atoms with E-state index in [-0.39, 0.29) is 6.54 Å². The SMILES string of the molecule is C=CCNC(=O)Oc1cc(C(F)(F)F)n(C)n1. The maximum absolute atomic E-state index is 12.4. The van der Waals surface area contributed by atoms with E-state index in [0.717, 1.165) is 7.05 Å². The van der Waals surface area contributed by atoms with Gasteiger partial charge in [0.05, 0.1) is 0 Å². The van der Waals surface area contributed by atoms with Crippen LogP contribution in [-0.2, 0) is 13.2 Å². The molecular formula is C9H10F3N3O2. The number of hydrogen-bond acceptors (Lipinski definition) is 3. The van der Waals surface area contributed by atoms with E-state index < -0.39 is 23.8 Å². The minimum absolute atomic E-state index is 0.151. The normalized spacial score (nSPS) is 11.1. The van der Waals surface area contributed by atoms with Gasteiger partial charge in [0.1, 0.15) is 5.69 Å². The maximum atomic E-state index is 12.4. The number of amides is 1. The van der Waals surface area contributed by atoms with Crippen molar-refractivity contribution >= 4 is 6.09 Å². The Balaban J connectivity index is 2.74. The van der Waals surface area contributed by atoms with E-state index in [1.54, 1.807) is 0 Å². The maximum Gasteiger partial charge on any atom is 0.433 e. The summed E-state index contributed by atoms with van der Waals surface area (Å²) in [6.07, 6.45) is -4.03. The molecule has 1 rings (SSSR count). The molecule has 1 heterocycles. The Kier molecular flexibility index (Phi) is 3.77. The molecule has 5 nitrogen and oxygen atoms in total. The molecule has 0 spiro atoms. The zero-order chi connectivity index (χ0) is 13.1. The van der Waals surface area contributed by atoms with Crippen LogP contribution in [0.1, 0.15) is 5.69 Å². The summed E-state index contributed by atoms with van der Waals surface area (Å²) in [6.45, 7) is 3.50. The fraction of sp³-hybridized carbons (Fsp3) is 0.333. The Morgan fingerprint density at radius 2 is 2.35 bits per heavy atom. The number of hydrogen-bond donors (Lipinski definition) is 1. The number of halogens is 3. The monoisotopic (exact) mass is 249 g/mol. The lowest BCUT2D eigenvalue weighted by Gasteiger charge is -2.04. The topological polar surface area (TPSA) is 56.1 Å². The number of nitrogens with one attached hydrogen (secondary N) is 1. The van der Waals surface area contributed by atoms with Crippen molar-refractivity contribution in [3.05, 3.63) is 24.4 Å². The zero-order valence-electron chi connectivity index (χ0n) is 8.91. The van der Waals surface area contributed by atoms with E-state index in [0.29, 0.717) is 10.7 Å². The number of alkyl halides is 3. The Morgan fingerprint density at radius 1 is 1.71 bits per heavy atom. The van der Waals surface area contributed by atoms with Gasteiger partial charge >= 0.3 is 12.3 Å². The van der Waals surface area contributed by atoms with E-state index >= 15 is 0 Å². The number of rotatable bonds is 3. The molecule has 94 valence electrons. The number of aromatic nitrogens is 2. The second-order valence-corrected chi connectivity index (χ2v) is 3.05. The summed E-state index contributed by atoms with van der Waals surface area (Å²) in [4.78, 5) is 11.0. The van der Waals surface area contributed by atoms with Crippen LogP contribution in [0.5, 0.6) is 5.88 Å². The highest BCUT2D eigenvalue weighted by Crippen LogP contribution is 2.30. The van der Waals surface area contributed by atoms with Crippen molar-refractivity contribution in [3.63, 3.8) is 0 Å². The summed E-state index contributed by atoms with van der Waals surface area (Å²) in [7, 11) is 1.11. The van der Waals surface area contributed by atoms with Crippen LogP contribution < -0.4 is 10.1 Å². The molecular weight excluding hydrogens is 239 g/mol. The Morgan fingerprint density at radius 3 is 2.82 bits per heavy atom. The van der Waals surface area contributed by atoms with Gasteiger partial charge in [0, 0.05) is 19.7 Å². The first-order valence-electron chi connectivity index (χ1n) is 4.52. The van der Waals surface area contributed by atoms with Crippen molar-refractivity contribution < 1.29 is 22.7 Å². The molecule has 1 N–H and O–H groups in total. The fourth-order valence-electron chi connectivity index (χ4n) is 1.04. The van der Waals surface area contributed by atoms with Crippen LogP contribution in [0.4, 0.5) is 18.0 Å². The van der Waals surface area contributed by atoms with Gasteiger partial charge in [-0.25, -0.2) is 4.79 Å². The molecule has 0 atom stereocenters. The summed E-state index contributed by atoms with van der Waals surface area (Å²) < 4.78 is 42.3. The van der Waals surface area contributed by atoms with Crippen molar-refractivity contribution in [2.75, 3.05) is 6.54 Å². The van der Waals surface area contributed by atoms with Crippen LogP contribution >= 0.6 is 0 Å². The standard InChI is InChI=1S/C9H10F3N3O2/c1-3-4-13-8(16)17-7-5-6(9(10,11)12)15(2)14-7/h3,5H,1,4H2,2H3,(H,13,16). The van der Waals surface area contributed by atoms with Gasteiger partial charge in [-0.3, -0.25) is 4.68 Å². The lowest BCUT2D eigenvalue weighted by atomic mass is 10.4. The van der Waals surface area contributed by atoms with Gasteiger partial charge in [-0.05, 0) is 0 Å². The van der Waals surface area contributed by atoms with Crippen LogP contribution in [0.2, 0.25) is 0 Å². The summed E-state index contributed by atoms with van der Waals surface area (Å²) in [5, 5.41) is 5.65. The van der Waals surface area contributed by atoms with Gasteiger partial charge in [0.15, 0.2) is 0 Å². The van der Waals surface area contributed by atoms with Gasteiger partial charge in [0.2, 0.25) is 5.88 Å². The van der Waals surface area contributed by atoms with Gasteiger partial charge in [-0.15, -0.1) is 11.7 Å². The third kappa shape index (κ3) is 3.51. The van der Waals surface area contributed by atoms with E-state index in [1.807, 2.05) is 0 Å². The zero-order valence-corrected chi connectivity index (χ0v) is 8.91. The Bertz CT molecular complexity index is 426. The van der Waals surface area contributed by atoms with Crippen molar-refractivity contribution in [1.29, 1.82) is 0 Å². The number of carbonyl (C=O) groups excluding carboxylic acids is 1. The van der Waals surface area contributed by atoms with Gasteiger partial charge < -0.3 is 10.1 Å². The van der Waals surface area contributed by atoms with Crippen molar-refractivity contribution in [1.82, 2.24) is 15.1 Å². The Hall–Kier alpha value is -1.99. The molecule has 0 unspecified atom stereocenters. The molecule has 0 aliphatic heterocycles.